The summed E-state index contributed by atoms with van der Waals surface area (Å²) in [6, 6.07) is 0. The molecule has 0 spiro atoms. The van der Waals surface area contributed by atoms with Gasteiger partial charge in [-0.1, -0.05) is 12.8 Å². The quantitative estimate of drug-likeness (QED) is 0.696. The van der Waals surface area contributed by atoms with Crippen molar-refractivity contribution < 1.29 is 9.53 Å². The number of fused-ring (bicyclic) bond motifs is 3. The molecule has 0 aliphatic heterocycles. The molecule has 3 aliphatic rings. The zero-order valence-corrected chi connectivity index (χ0v) is 10.6. The van der Waals surface area contributed by atoms with Gasteiger partial charge in [0.1, 0.15) is 11.1 Å². The van der Waals surface area contributed by atoms with E-state index in [0.29, 0.717) is 11.8 Å². The summed E-state index contributed by atoms with van der Waals surface area (Å²) in [5, 5.41) is 0. The van der Waals surface area contributed by atoms with Crippen molar-refractivity contribution in [2.45, 2.75) is 64.0 Å². The smallest absolute Gasteiger partial charge is 0.326 e. The van der Waals surface area contributed by atoms with Gasteiger partial charge < -0.3 is 10.5 Å². The molecule has 0 saturated heterocycles. The summed E-state index contributed by atoms with van der Waals surface area (Å²) in [5.74, 6) is 0.796. The minimum atomic E-state index is -0.700. The highest BCUT2D eigenvalue weighted by atomic mass is 16.6. The number of esters is 1. The predicted octanol–water partition coefficient (Wildman–Crippen LogP) is 2.24. The van der Waals surface area contributed by atoms with Crippen molar-refractivity contribution in [2.24, 2.45) is 17.6 Å². The highest BCUT2D eigenvalue weighted by molar-refractivity contribution is 5.81. The topological polar surface area (TPSA) is 52.3 Å². The molecule has 1 unspecified atom stereocenters. The lowest BCUT2D eigenvalue weighted by Crippen LogP contribution is -2.61. The van der Waals surface area contributed by atoms with Gasteiger partial charge in [0.05, 0.1) is 0 Å². The Hall–Kier alpha value is -0.570. The van der Waals surface area contributed by atoms with Crippen LogP contribution in [-0.2, 0) is 9.53 Å². The van der Waals surface area contributed by atoms with Crippen LogP contribution in [0.3, 0.4) is 0 Å². The fourth-order valence-electron chi connectivity index (χ4n) is 3.15. The summed E-state index contributed by atoms with van der Waals surface area (Å²) in [6.07, 6.45) is 5.51. The number of carbonyl (C=O) groups excluding carboxylic acids is 1. The zero-order valence-electron chi connectivity index (χ0n) is 10.6. The number of ether oxygens (including phenoxy) is 1. The van der Waals surface area contributed by atoms with Crippen molar-refractivity contribution >= 4 is 5.97 Å². The molecule has 16 heavy (non-hydrogen) atoms. The fraction of sp³-hybridized carbons (Fsp3) is 0.923. The first-order valence-electron chi connectivity index (χ1n) is 6.33. The van der Waals surface area contributed by atoms with Crippen molar-refractivity contribution in [3.8, 4) is 0 Å². The molecule has 0 aromatic rings. The van der Waals surface area contributed by atoms with Gasteiger partial charge in [-0.3, -0.25) is 4.79 Å². The van der Waals surface area contributed by atoms with Crippen LogP contribution in [0, 0.1) is 11.8 Å². The lowest BCUT2D eigenvalue weighted by Gasteiger charge is -2.48. The van der Waals surface area contributed by atoms with Gasteiger partial charge in [0.25, 0.3) is 0 Å². The number of carbonyl (C=O) groups is 1. The molecule has 2 N–H and O–H groups in total. The van der Waals surface area contributed by atoms with Crippen LogP contribution >= 0.6 is 0 Å². The highest BCUT2D eigenvalue weighted by Gasteiger charge is 2.51. The second-order valence-electron chi connectivity index (χ2n) is 6.46. The van der Waals surface area contributed by atoms with Crippen molar-refractivity contribution in [1.29, 1.82) is 0 Å². The first kappa shape index (κ1) is 11.9. The molecule has 1 atom stereocenters. The molecule has 92 valence electrons. The third-order valence-corrected chi connectivity index (χ3v) is 3.98. The van der Waals surface area contributed by atoms with Crippen molar-refractivity contribution in [1.82, 2.24) is 0 Å². The van der Waals surface area contributed by atoms with E-state index in [0.717, 1.165) is 19.3 Å². The predicted molar refractivity (Wildman–Crippen MR) is 62.8 cm³/mol. The minimum absolute atomic E-state index is 0.186. The Balaban J connectivity index is 2.10. The molecular formula is C13H23NO2. The van der Waals surface area contributed by atoms with E-state index in [2.05, 4.69) is 0 Å². The lowest BCUT2D eigenvalue weighted by atomic mass is 9.60. The molecule has 3 saturated carbocycles. The van der Waals surface area contributed by atoms with E-state index in [-0.39, 0.29) is 5.97 Å². The average Bonchev–Trinajstić information content (AvgIpc) is 2.16. The Labute approximate surface area is 97.7 Å². The van der Waals surface area contributed by atoms with Crippen LogP contribution in [0.15, 0.2) is 0 Å². The van der Waals surface area contributed by atoms with Crippen LogP contribution < -0.4 is 5.73 Å². The summed E-state index contributed by atoms with van der Waals surface area (Å²) in [7, 11) is 0. The first-order chi connectivity index (χ1) is 7.31. The molecule has 3 nitrogen and oxygen atoms in total. The maximum atomic E-state index is 12.2. The van der Waals surface area contributed by atoms with E-state index < -0.39 is 11.1 Å². The second-order valence-corrected chi connectivity index (χ2v) is 6.46. The Morgan fingerprint density at radius 3 is 2.19 bits per heavy atom. The largest absolute Gasteiger partial charge is 0.459 e. The zero-order chi connectivity index (χ0) is 12.0. The van der Waals surface area contributed by atoms with Gasteiger partial charge >= 0.3 is 5.97 Å². The third kappa shape index (κ3) is 2.10. The normalized spacial score (nSPS) is 38.5. The van der Waals surface area contributed by atoms with Crippen LogP contribution in [0.4, 0.5) is 0 Å². The van der Waals surface area contributed by atoms with E-state index in [9.17, 15) is 4.79 Å². The number of hydrogen-bond donors (Lipinski definition) is 1. The summed E-state index contributed by atoms with van der Waals surface area (Å²) < 4.78 is 5.47. The van der Waals surface area contributed by atoms with Gasteiger partial charge in [0, 0.05) is 0 Å². The van der Waals surface area contributed by atoms with Crippen LogP contribution in [0.5, 0.6) is 0 Å². The third-order valence-electron chi connectivity index (χ3n) is 3.98. The Morgan fingerprint density at radius 2 is 1.81 bits per heavy atom. The SMILES string of the molecule is CC(C)(C)OC(=O)C1(N)CC2CCC1CC2. The summed E-state index contributed by atoms with van der Waals surface area (Å²) in [4.78, 5) is 12.2. The van der Waals surface area contributed by atoms with Gasteiger partial charge in [-0.15, -0.1) is 0 Å². The molecule has 0 radical (unpaired) electrons. The second kappa shape index (κ2) is 3.73. The highest BCUT2D eigenvalue weighted by Crippen LogP contribution is 2.46. The maximum Gasteiger partial charge on any atom is 0.326 e. The molecule has 3 fully saturated rings. The summed E-state index contributed by atoms with van der Waals surface area (Å²) in [6.45, 7) is 5.69. The van der Waals surface area contributed by atoms with Crippen molar-refractivity contribution in [2.75, 3.05) is 0 Å². The van der Waals surface area contributed by atoms with Gasteiger partial charge in [-0.25, -0.2) is 0 Å². The van der Waals surface area contributed by atoms with E-state index in [1.54, 1.807) is 0 Å². The number of rotatable bonds is 1. The molecule has 3 rings (SSSR count). The van der Waals surface area contributed by atoms with Crippen LogP contribution in [0.1, 0.15) is 52.9 Å². The summed E-state index contributed by atoms with van der Waals surface area (Å²) in [5.41, 5.74) is 5.19. The molecule has 2 bridgehead atoms. The monoisotopic (exact) mass is 225 g/mol. The molecular weight excluding hydrogens is 202 g/mol. The van der Waals surface area contributed by atoms with E-state index in [1.807, 2.05) is 20.8 Å². The molecule has 3 heteroatoms. The van der Waals surface area contributed by atoms with Gasteiger partial charge in [0.2, 0.25) is 0 Å². The van der Waals surface area contributed by atoms with Gasteiger partial charge in [-0.05, 0) is 51.9 Å². The molecule has 0 heterocycles. The average molecular weight is 225 g/mol. The standard InChI is InChI=1S/C13H23NO2/c1-12(2,3)16-11(15)13(14)8-9-4-6-10(13)7-5-9/h9-10H,4-8,14H2,1-3H3. The molecule has 0 aromatic heterocycles. The van der Waals surface area contributed by atoms with E-state index in [4.69, 9.17) is 10.5 Å². The Kier molecular flexibility index (Phi) is 2.77. The van der Waals surface area contributed by atoms with Gasteiger partial charge in [-0.2, -0.15) is 0 Å². The number of nitrogens with two attached hydrogens (primary N) is 1. The number of hydrogen-bond acceptors (Lipinski definition) is 3. The van der Waals surface area contributed by atoms with E-state index >= 15 is 0 Å². The van der Waals surface area contributed by atoms with E-state index in [1.165, 1.54) is 12.8 Å². The lowest BCUT2D eigenvalue weighted by molar-refractivity contribution is -0.168. The van der Waals surface area contributed by atoms with Crippen molar-refractivity contribution in [3.05, 3.63) is 0 Å². The minimum Gasteiger partial charge on any atom is -0.459 e. The molecule has 3 aliphatic carbocycles. The first-order valence-corrected chi connectivity index (χ1v) is 6.33. The molecule has 0 amide bonds. The summed E-state index contributed by atoms with van der Waals surface area (Å²) >= 11 is 0. The van der Waals surface area contributed by atoms with Crippen LogP contribution in [0.25, 0.3) is 0 Å². The fourth-order valence-corrected chi connectivity index (χ4v) is 3.15. The van der Waals surface area contributed by atoms with Crippen LogP contribution in [-0.4, -0.2) is 17.1 Å². The maximum absolute atomic E-state index is 12.2. The molecule has 0 aromatic carbocycles. The Morgan fingerprint density at radius 1 is 1.25 bits per heavy atom. The van der Waals surface area contributed by atoms with Crippen molar-refractivity contribution in [3.63, 3.8) is 0 Å². The Bertz CT molecular complexity index is 287. The van der Waals surface area contributed by atoms with Gasteiger partial charge in [0.15, 0.2) is 0 Å². The van der Waals surface area contributed by atoms with Crippen LogP contribution in [0.2, 0.25) is 0 Å².